The average molecular weight is 410 g/mol. The first-order valence-electron chi connectivity index (χ1n) is 8.03. The summed E-state index contributed by atoms with van der Waals surface area (Å²) in [6.07, 6.45) is 0. The number of benzene rings is 2. The van der Waals surface area contributed by atoms with Crippen molar-refractivity contribution in [1.29, 1.82) is 0 Å². The number of anilines is 1. The molecule has 0 heterocycles. The summed E-state index contributed by atoms with van der Waals surface area (Å²) in [6.45, 7) is -0.509. The molecule has 0 saturated carbocycles. The lowest BCUT2D eigenvalue weighted by Gasteiger charge is -2.13. The van der Waals surface area contributed by atoms with Crippen LogP contribution in [0.1, 0.15) is 10.4 Å². The number of carbonyl (C=O) groups is 2. The molecule has 2 aromatic rings. The lowest BCUT2D eigenvalue weighted by molar-refractivity contribution is -0.119. The van der Waals surface area contributed by atoms with Crippen molar-refractivity contribution in [3.8, 4) is 23.0 Å². The normalized spacial score (nSPS) is 10.0. The molecule has 0 aliphatic heterocycles. The Morgan fingerprint density at radius 3 is 2.00 bits per heavy atom. The van der Waals surface area contributed by atoms with E-state index in [0.717, 1.165) is 0 Å². The van der Waals surface area contributed by atoms with Crippen molar-refractivity contribution < 1.29 is 33.3 Å². The maximum Gasteiger partial charge on any atom is 0.338 e. The first-order chi connectivity index (χ1) is 13.4. The molecule has 0 bridgehead atoms. The Labute approximate surface area is 167 Å². The molecule has 0 radical (unpaired) electrons. The van der Waals surface area contributed by atoms with Gasteiger partial charge < -0.3 is 29.0 Å². The molecule has 2 rings (SSSR count). The molecule has 9 heteroatoms. The number of hydrogen-bond donors (Lipinski definition) is 1. The van der Waals surface area contributed by atoms with Crippen LogP contribution in [0.4, 0.5) is 5.69 Å². The summed E-state index contributed by atoms with van der Waals surface area (Å²) in [4.78, 5) is 24.4. The molecule has 0 fully saturated rings. The predicted molar refractivity (Wildman–Crippen MR) is 103 cm³/mol. The van der Waals surface area contributed by atoms with Crippen LogP contribution in [0.25, 0.3) is 0 Å². The second-order valence-electron chi connectivity index (χ2n) is 5.41. The molecule has 0 atom stereocenters. The number of methoxy groups -OCH3 is 4. The van der Waals surface area contributed by atoms with E-state index in [-0.39, 0.29) is 5.56 Å². The Hall–Kier alpha value is -3.13. The van der Waals surface area contributed by atoms with Crippen LogP contribution in [0.5, 0.6) is 23.0 Å². The van der Waals surface area contributed by atoms with Crippen LogP contribution in [0, 0.1) is 0 Å². The summed E-state index contributed by atoms with van der Waals surface area (Å²) < 4.78 is 25.6. The van der Waals surface area contributed by atoms with Gasteiger partial charge in [0.05, 0.1) is 44.7 Å². The third-order valence-electron chi connectivity index (χ3n) is 3.67. The topological polar surface area (TPSA) is 92.3 Å². The zero-order chi connectivity index (χ0) is 20.7. The molecule has 150 valence electrons. The Morgan fingerprint density at radius 1 is 0.857 bits per heavy atom. The first kappa shape index (κ1) is 21.2. The largest absolute Gasteiger partial charge is 0.497 e. The number of carbonyl (C=O) groups excluding carboxylic acids is 2. The van der Waals surface area contributed by atoms with E-state index >= 15 is 0 Å². The highest BCUT2D eigenvalue weighted by Gasteiger charge is 2.16. The van der Waals surface area contributed by atoms with Gasteiger partial charge in [0.15, 0.2) is 6.61 Å². The number of esters is 1. The smallest absolute Gasteiger partial charge is 0.338 e. The number of rotatable bonds is 8. The molecule has 0 aromatic heterocycles. The molecule has 1 N–H and O–H groups in total. The highest BCUT2D eigenvalue weighted by molar-refractivity contribution is 6.32. The summed E-state index contributed by atoms with van der Waals surface area (Å²) in [5, 5.41) is 2.87. The molecule has 1 amide bonds. The Balaban J connectivity index is 2.05. The quantitative estimate of drug-likeness (QED) is 0.669. The molecular weight excluding hydrogens is 390 g/mol. The maximum absolute atomic E-state index is 12.2. The number of nitrogens with one attached hydrogen (secondary N) is 1. The fraction of sp³-hybridized carbons (Fsp3) is 0.263. The minimum absolute atomic E-state index is 0.189. The van der Waals surface area contributed by atoms with E-state index in [2.05, 4.69) is 5.32 Å². The number of halogens is 1. The summed E-state index contributed by atoms with van der Waals surface area (Å²) in [7, 11) is 5.83. The Bertz CT molecular complexity index is 847. The Kier molecular flexibility index (Phi) is 7.34. The second-order valence-corrected chi connectivity index (χ2v) is 5.82. The first-order valence-corrected chi connectivity index (χ1v) is 8.41. The third-order valence-corrected chi connectivity index (χ3v) is 3.96. The monoisotopic (exact) mass is 409 g/mol. The van der Waals surface area contributed by atoms with E-state index in [9.17, 15) is 9.59 Å². The van der Waals surface area contributed by atoms with E-state index in [0.29, 0.717) is 33.7 Å². The zero-order valence-electron chi connectivity index (χ0n) is 15.8. The van der Waals surface area contributed by atoms with Gasteiger partial charge in [0.1, 0.15) is 23.0 Å². The minimum Gasteiger partial charge on any atom is -0.497 e. The van der Waals surface area contributed by atoms with Crippen molar-refractivity contribution in [2.45, 2.75) is 0 Å². The molecule has 8 nitrogen and oxygen atoms in total. The summed E-state index contributed by atoms with van der Waals surface area (Å²) >= 11 is 6.07. The van der Waals surface area contributed by atoms with Gasteiger partial charge in [-0.1, -0.05) is 11.6 Å². The van der Waals surface area contributed by atoms with Crippen molar-refractivity contribution in [3.05, 3.63) is 40.9 Å². The van der Waals surface area contributed by atoms with Crippen LogP contribution in [0.2, 0.25) is 5.02 Å². The Morgan fingerprint density at radius 2 is 1.46 bits per heavy atom. The lowest BCUT2D eigenvalue weighted by atomic mass is 10.2. The van der Waals surface area contributed by atoms with Gasteiger partial charge >= 0.3 is 5.97 Å². The summed E-state index contributed by atoms with van der Waals surface area (Å²) in [6, 6.07) is 7.59. The SMILES string of the molecule is COc1cc(OC)cc(C(=O)OCC(=O)Nc2cc(Cl)c(OC)cc2OC)c1. The zero-order valence-corrected chi connectivity index (χ0v) is 16.6. The van der Waals surface area contributed by atoms with Crippen molar-refractivity contribution in [2.75, 3.05) is 40.4 Å². The standard InChI is InChI=1S/C19H20ClNO7/c1-24-12-5-11(6-13(7-12)25-2)19(23)28-10-18(22)21-15-8-14(20)16(26-3)9-17(15)27-4/h5-9H,10H2,1-4H3,(H,21,22). The molecule has 0 saturated heterocycles. The van der Waals surface area contributed by atoms with E-state index in [4.69, 9.17) is 35.3 Å². The van der Waals surface area contributed by atoms with Gasteiger partial charge in [-0.15, -0.1) is 0 Å². The van der Waals surface area contributed by atoms with Crippen LogP contribution in [-0.4, -0.2) is 46.9 Å². The molecule has 0 aliphatic carbocycles. The van der Waals surface area contributed by atoms with Crippen molar-refractivity contribution >= 4 is 29.2 Å². The van der Waals surface area contributed by atoms with Crippen molar-refractivity contribution in [2.24, 2.45) is 0 Å². The molecule has 2 aromatic carbocycles. The van der Waals surface area contributed by atoms with E-state index in [1.165, 1.54) is 52.7 Å². The van der Waals surface area contributed by atoms with E-state index in [1.54, 1.807) is 6.07 Å². The van der Waals surface area contributed by atoms with Crippen LogP contribution < -0.4 is 24.3 Å². The van der Waals surface area contributed by atoms with Crippen LogP contribution >= 0.6 is 11.6 Å². The number of ether oxygens (including phenoxy) is 5. The van der Waals surface area contributed by atoms with Gasteiger partial charge in [-0.2, -0.15) is 0 Å². The highest BCUT2D eigenvalue weighted by Crippen LogP contribution is 2.35. The minimum atomic E-state index is -0.702. The fourth-order valence-corrected chi connectivity index (χ4v) is 2.52. The van der Waals surface area contributed by atoms with Gasteiger partial charge in [-0.3, -0.25) is 4.79 Å². The van der Waals surface area contributed by atoms with E-state index in [1.807, 2.05) is 0 Å². The predicted octanol–water partition coefficient (Wildman–Crippen LogP) is 3.17. The molecule has 0 spiro atoms. The van der Waals surface area contributed by atoms with E-state index < -0.39 is 18.5 Å². The lowest BCUT2D eigenvalue weighted by Crippen LogP contribution is -2.21. The van der Waals surface area contributed by atoms with Crippen molar-refractivity contribution in [1.82, 2.24) is 0 Å². The third kappa shape index (κ3) is 5.20. The van der Waals surface area contributed by atoms with Gasteiger partial charge in [0.2, 0.25) is 0 Å². The van der Waals surface area contributed by atoms with Gasteiger partial charge in [0.25, 0.3) is 5.91 Å². The number of hydrogen-bond acceptors (Lipinski definition) is 7. The maximum atomic E-state index is 12.2. The van der Waals surface area contributed by atoms with Crippen LogP contribution in [0.3, 0.4) is 0 Å². The van der Waals surface area contributed by atoms with Crippen LogP contribution in [-0.2, 0) is 9.53 Å². The summed E-state index contributed by atoms with van der Waals surface area (Å²) in [5.74, 6) is 0.324. The van der Waals surface area contributed by atoms with Gasteiger partial charge in [0, 0.05) is 12.1 Å². The number of amides is 1. The van der Waals surface area contributed by atoms with Gasteiger partial charge in [-0.05, 0) is 18.2 Å². The average Bonchev–Trinajstić information content (AvgIpc) is 2.71. The van der Waals surface area contributed by atoms with Crippen molar-refractivity contribution in [3.63, 3.8) is 0 Å². The molecular formula is C19H20ClNO7. The molecule has 0 aliphatic rings. The highest BCUT2D eigenvalue weighted by atomic mass is 35.5. The van der Waals surface area contributed by atoms with Gasteiger partial charge in [-0.25, -0.2) is 4.79 Å². The van der Waals surface area contributed by atoms with Crippen LogP contribution in [0.15, 0.2) is 30.3 Å². The fourth-order valence-electron chi connectivity index (χ4n) is 2.28. The molecule has 0 unspecified atom stereocenters. The molecule has 28 heavy (non-hydrogen) atoms. The summed E-state index contributed by atoms with van der Waals surface area (Å²) in [5.41, 5.74) is 0.506. The second kappa shape index (κ2) is 9.70.